The largest absolute Gasteiger partial charge is 0.477 e. The first-order chi connectivity index (χ1) is 17.4. The lowest BCUT2D eigenvalue weighted by Crippen LogP contribution is -2.54. The third kappa shape index (κ3) is 7.74. The standard InChI is InChI=1S/C27H34BrFN2O5/c1-3-27(4-2,26(33)35-14-8-13-29)31-24(32)23-12-11-22(28)25(30-23)36-18-21-15-20(21)17-34-16-19-9-6-5-7-10-19/h5-7,9-12,20-21H,3-4,8,13-18H2,1-2H3,(H,31,32)/t20-,21-/m0/s1. The lowest BCUT2D eigenvalue weighted by Gasteiger charge is -2.30. The molecule has 1 aromatic heterocycles. The molecule has 196 valence electrons. The predicted octanol–water partition coefficient (Wildman–Crippen LogP) is 5.27. The number of esters is 1. The molecule has 1 amide bonds. The van der Waals surface area contributed by atoms with Crippen LogP contribution in [0.5, 0.6) is 5.88 Å². The molecule has 3 rings (SSSR count). The number of nitrogens with zero attached hydrogens (tertiary/aromatic N) is 1. The van der Waals surface area contributed by atoms with E-state index in [9.17, 15) is 14.0 Å². The van der Waals surface area contributed by atoms with Crippen LogP contribution in [0.25, 0.3) is 0 Å². The second kappa shape index (κ2) is 13.7. The molecule has 1 aliphatic carbocycles. The summed E-state index contributed by atoms with van der Waals surface area (Å²) in [5.74, 6) is 0.0628. The van der Waals surface area contributed by atoms with Gasteiger partial charge in [0.05, 0.1) is 37.6 Å². The van der Waals surface area contributed by atoms with Crippen molar-refractivity contribution in [2.45, 2.75) is 51.7 Å². The summed E-state index contributed by atoms with van der Waals surface area (Å²) in [5, 5.41) is 2.78. The molecule has 0 bridgehead atoms. The van der Waals surface area contributed by atoms with Crippen LogP contribution in [-0.2, 0) is 20.9 Å². The van der Waals surface area contributed by atoms with Crippen molar-refractivity contribution in [2.75, 3.05) is 26.5 Å². The number of hydrogen-bond donors (Lipinski definition) is 1. The highest BCUT2D eigenvalue weighted by Gasteiger charge is 2.39. The van der Waals surface area contributed by atoms with Gasteiger partial charge in [-0.15, -0.1) is 0 Å². The first kappa shape index (κ1) is 28.1. The molecule has 1 saturated carbocycles. The highest BCUT2D eigenvalue weighted by Crippen LogP contribution is 2.39. The summed E-state index contributed by atoms with van der Waals surface area (Å²) in [6, 6.07) is 13.3. The molecule has 1 aliphatic rings. The van der Waals surface area contributed by atoms with Crippen LogP contribution in [0.15, 0.2) is 46.9 Å². The van der Waals surface area contributed by atoms with Crippen molar-refractivity contribution < 1.29 is 28.2 Å². The topological polar surface area (TPSA) is 86.8 Å². The van der Waals surface area contributed by atoms with Crippen LogP contribution in [0.3, 0.4) is 0 Å². The van der Waals surface area contributed by atoms with Crippen LogP contribution in [0.2, 0.25) is 0 Å². The normalized spacial score (nSPS) is 16.9. The second-order valence-corrected chi connectivity index (χ2v) is 9.83. The lowest BCUT2D eigenvalue weighted by atomic mass is 9.92. The van der Waals surface area contributed by atoms with E-state index in [1.54, 1.807) is 26.0 Å². The Hall–Kier alpha value is -2.52. The van der Waals surface area contributed by atoms with E-state index in [-0.39, 0.29) is 18.7 Å². The van der Waals surface area contributed by atoms with E-state index in [1.807, 2.05) is 30.3 Å². The van der Waals surface area contributed by atoms with Gasteiger partial charge >= 0.3 is 5.97 Å². The Morgan fingerprint density at radius 1 is 1.11 bits per heavy atom. The summed E-state index contributed by atoms with van der Waals surface area (Å²) >= 11 is 3.43. The maximum absolute atomic E-state index is 13.0. The van der Waals surface area contributed by atoms with Crippen LogP contribution in [0.4, 0.5) is 4.39 Å². The fourth-order valence-corrected chi connectivity index (χ4v) is 4.20. The number of halogens is 2. The van der Waals surface area contributed by atoms with E-state index in [0.717, 1.165) is 12.0 Å². The lowest BCUT2D eigenvalue weighted by molar-refractivity contribution is -0.152. The smallest absolute Gasteiger partial charge is 0.331 e. The fourth-order valence-electron chi connectivity index (χ4n) is 3.86. The van der Waals surface area contributed by atoms with Crippen LogP contribution in [0.1, 0.15) is 55.6 Å². The summed E-state index contributed by atoms with van der Waals surface area (Å²) in [5.41, 5.74) is 0.0800. The van der Waals surface area contributed by atoms with Gasteiger partial charge in [-0.1, -0.05) is 44.2 Å². The van der Waals surface area contributed by atoms with E-state index in [4.69, 9.17) is 14.2 Å². The van der Waals surface area contributed by atoms with Gasteiger partial charge in [-0.25, -0.2) is 9.78 Å². The second-order valence-electron chi connectivity index (χ2n) is 8.97. The maximum Gasteiger partial charge on any atom is 0.331 e. The maximum atomic E-state index is 13.0. The quantitative estimate of drug-likeness (QED) is 0.234. The Morgan fingerprint density at radius 2 is 1.83 bits per heavy atom. The number of amides is 1. The number of benzene rings is 1. The van der Waals surface area contributed by atoms with Crippen LogP contribution in [-0.4, -0.2) is 48.9 Å². The molecule has 0 radical (unpaired) electrons. The average molecular weight is 565 g/mol. The number of nitrogens with one attached hydrogen (secondary N) is 1. The van der Waals surface area contributed by atoms with Crippen molar-refractivity contribution in [1.82, 2.24) is 10.3 Å². The molecular formula is C27H34BrFN2O5. The number of pyridine rings is 1. The molecular weight excluding hydrogens is 531 g/mol. The molecule has 36 heavy (non-hydrogen) atoms. The van der Waals surface area contributed by atoms with Gasteiger partial charge in [0.25, 0.3) is 5.91 Å². The highest BCUT2D eigenvalue weighted by molar-refractivity contribution is 9.10. The highest BCUT2D eigenvalue weighted by atomic mass is 79.9. The van der Waals surface area contributed by atoms with Crippen molar-refractivity contribution in [3.63, 3.8) is 0 Å². The Morgan fingerprint density at radius 3 is 2.53 bits per heavy atom. The molecule has 9 heteroatoms. The van der Waals surface area contributed by atoms with E-state index in [1.165, 1.54) is 0 Å². The number of carbonyl (C=O) groups excluding carboxylic acids is 2. The third-order valence-electron chi connectivity index (χ3n) is 6.45. The van der Waals surface area contributed by atoms with Crippen molar-refractivity contribution in [3.8, 4) is 5.88 Å². The summed E-state index contributed by atoms with van der Waals surface area (Å²) < 4.78 is 29.9. The molecule has 0 saturated heterocycles. The molecule has 0 spiro atoms. The van der Waals surface area contributed by atoms with Crippen LogP contribution < -0.4 is 10.1 Å². The summed E-state index contributed by atoms with van der Waals surface area (Å²) in [6.07, 6.45) is 1.81. The monoisotopic (exact) mass is 564 g/mol. The molecule has 2 atom stereocenters. The van der Waals surface area contributed by atoms with Gasteiger partial charge in [-0.05, 0) is 64.7 Å². The molecule has 1 aromatic carbocycles. The Labute approximate surface area is 220 Å². The Kier molecular flexibility index (Phi) is 10.7. The summed E-state index contributed by atoms with van der Waals surface area (Å²) in [4.78, 5) is 30.0. The fraction of sp³-hybridized carbons (Fsp3) is 0.519. The van der Waals surface area contributed by atoms with Gasteiger partial charge < -0.3 is 19.5 Å². The SMILES string of the molecule is CCC(CC)(NC(=O)c1ccc(Br)c(OC[C@@H]2C[C@H]2COCc2ccccc2)n1)C(=O)OCCCF. The minimum atomic E-state index is -1.20. The van der Waals surface area contributed by atoms with Crippen molar-refractivity contribution in [2.24, 2.45) is 11.8 Å². The molecule has 1 N–H and O–H groups in total. The molecule has 2 aromatic rings. The van der Waals surface area contributed by atoms with Crippen molar-refractivity contribution >= 4 is 27.8 Å². The number of ether oxygens (including phenoxy) is 3. The zero-order valence-electron chi connectivity index (χ0n) is 20.8. The predicted molar refractivity (Wildman–Crippen MR) is 137 cm³/mol. The van der Waals surface area contributed by atoms with Gasteiger partial charge in [-0.3, -0.25) is 9.18 Å². The summed E-state index contributed by atoms with van der Waals surface area (Å²) in [6.45, 7) is 4.73. The van der Waals surface area contributed by atoms with E-state index < -0.39 is 24.1 Å². The number of rotatable bonds is 15. The number of carbonyl (C=O) groups is 2. The molecule has 7 nitrogen and oxygen atoms in total. The van der Waals surface area contributed by atoms with E-state index in [2.05, 4.69) is 26.2 Å². The van der Waals surface area contributed by atoms with E-state index >= 15 is 0 Å². The van der Waals surface area contributed by atoms with Gasteiger partial charge in [-0.2, -0.15) is 0 Å². The Balaban J connectivity index is 1.52. The number of hydrogen-bond acceptors (Lipinski definition) is 6. The van der Waals surface area contributed by atoms with Gasteiger partial charge in [0.1, 0.15) is 11.2 Å². The zero-order chi connectivity index (χ0) is 26.0. The Bertz CT molecular complexity index is 1000. The van der Waals surface area contributed by atoms with Gasteiger partial charge in [0, 0.05) is 6.42 Å². The number of alkyl halides is 1. The molecule has 1 fully saturated rings. The number of aromatic nitrogens is 1. The van der Waals surface area contributed by atoms with Crippen LogP contribution >= 0.6 is 15.9 Å². The van der Waals surface area contributed by atoms with Crippen LogP contribution in [0, 0.1) is 11.8 Å². The van der Waals surface area contributed by atoms with Crippen molar-refractivity contribution in [3.05, 3.63) is 58.2 Å². The first-order valence-corrected chi connectivity index (χ1v) is 13.2. The van der Waals surface area contributed by atoms with E-state index in [0.29, 0.717) is 54.9 Å². The summed E-state index contributed by atoms with van der Waals surface area (Å²) in [7, 11) is 0. The van der Waals surface area contributed by atoms with Gasteiger partial charge in [0.2, 0.25) is 5.88 Å². The van der Waals surface area contributed by atoms with Gasteiger partial charge in [0.15, 0.2) is 0 Å². The zero-order valence-corrected chi connectivity index (χ0v) is 22.4. The molecule has 1 heterocycles. The molecule has 0 aliphatic heterocycles. The third-order valence-corrected chi connectivity index (χ3v) is 7.06. The minimum absolute atomic E-state index is 0.0269. The first-order valence-electron chi connectivity index (χ1n) is 12.4. The average Bonchev–Trinajstić information content (AvgIpc) is 3.65. The minimum Gasteiger partial charge on any atom is -0.477 e. The molecule has 0 unspecified atom stereocenters. The van der Waals surface area contributed by atoms with Crippen molar-refractivity contribution in [1.29, 1.82) is 0 Å².